The Balaban J connectivity index is 1.30. The zero-order valence-corrected chi connectivity index (χ0v) is 18.9. The van der Waals surface area contributed by atoms with E-state index in [-0.39, 0.29) is 11.9 Å². The molecule has 5 heteroatoms. The highest BCUT2D eigenvalue weighted by Crippen LogP contribution is 2.25. The number of rotatable bonds is 7. The van der Waals surface area contributed by atoms with E-state index in [0.29, 0.717) is 12.2 Å². The Hall–Kier alpha value is -2.37. The van der Waals surface area contributed by atoms with Crippen molar-refractivity contribution in [3.8, 4) is 5.75 Å². The molecule has 0 spiro atoms. The van der Waals surface area contributed by atoms with Crippen LogP contribution in [0.25, 0.3) is 0 Å². The number of hydrogen-bond donors (Lipinski definition) is 2. The van der Waals surface area contributed by atoms with E-state index < -0.39 is 6.10 Å². The Morgan fingerprint density at radius 2 is 1.72 bits per heavy atom. The number of carbonyl (C=O) groups excluding carboxylic acids is 1. The van der Waals surface area contributed by atoms with Crippen LogP contribution >= 0.6 is 0 Å². The zero-order valence-electron chi connectivity index (χ0n) is 18.9. The van der Waals surface area contributed by atoms with Crippen LogP contribution in [0.2, 0.25) is 0 Å². The summed E-state index contributed by atoms with van der Waals surface area (Å²) < 4.78 is 5.82. The maximum atomic E-state index is 12.9. The van der Waals surface area contributed by atoms with Gasteiger partial charge in [-0.05, 0) is 68.0 Å². The molecule has 2 aromatic rings. The summed E-state index contributed by atoms with van der Waals surface area (Å²) in [5.41, 5.74) is 1.70. The number of benzene rings is 2. The standard InChI is InChI=1S/C27H36N2O3/c30-26-12-7-17-29(18-21-8-3-1-4-9-21)19-25(26)28-27(31)23-13-15-24(16-14-23)32-20-22-10-5-2-6-11-22/h2,5-6,10-11,13-16,21,25-26,30H,1,3-4,7-9,12,17-20H2,(H,28,31)/t25-,26+/m0/s1. The summed E-state index contributed by atoms with van der Waals surface area (Å²) in [6, 6.07) is 17.0. The van der Waals surface area contributed by atoms with Crippen LogP contribution in [0.4, 0.5) is 0 Å². The fourth-order valence-corrected chi connectivity index (χ4v) is 4.95. The Labute approximate surface area is 191 Å². The van der Waals surface area contributed by atoms with Gasteiger partial charge >= 0.3 is 0 Å². The van der Waals surface area contributed by atoms with Crippen LogP contribution in [0.15, 0.2) is 54.6 Å². The molecular weight excluding hydrogens is 400 g/mol. The first-order valence-electron chi connectivity index (χ1n) is 12.2. The number of nitrogens with zero attached hydrogens (tertiary/aromatic N) is 1. The van der Waals surface area contributed by atoms with Crippen molar-refractivity contribution in [3.05, 3.63) is 65.7 Å². The summed E-state index contributed by atoms with van der Waals surface area (Å²) in [6.07, 6.45) is 7.89. The molecule has 5 nitrogen and oxygen atoms in total. The van der Waals surface area contributed by atoms with Gasteiger partial charge in [-0.25, -0.2) is 0 Å². The number of likely N-dealkylation sites (tertiary alicyclic amines) is 1. The highest BCUT2D eigenvalue weighted by molar-refractivity contribution is 5.94. The number of nitrogens with one attached hydrogen (secondary N) is 1. The first-order chi connectivity index (χ1) is 15.7. The molecule has 0 aromatic heterocycles. The van der Waals surface area contributed by atoms with Crippen molar-refractivity contribution in [1.82, 2.24) is 10.2 Å². The topological polar surface area (TPSA) is 61.8 Å². The first kappa shape index (κ1) is 22.8. The van der Waals surface area contributed by atoms with Crippen molar-refractivity contribution in [2.45, 2.75) is 63.7 Å². The maximum Gasteiger partial charge on any atom is 0.251 e. The van der Waals surface area contributed by atoms with E-state index in [1.54, 1.807) is 12.1 Å². The third kappa shape index (κ3) is 6.57. The van der Waals surface area contributed by atoms with E-state index in [4.69, 9.17) is 4.74 Å². The smallest absolute Gasteiger partial charge is 0.251 e. The highest BCUT2D eigenvalue weighted by Gasteiger charge is 2.28. The fraction of sp³-hybridized carbons (Fsp3) is 0.519. The molecule has 1 saturated carbocycles. The molecule has 1 aliphatic heterocycles. The van der Waals surface area contributed by atoms with Crippen molar-refractivity contribution in [2.75, 3.05) is 19.6 Å². The van der Waals surface area contributed by atoms with Crippen molar-refractivity contribution < 1.29 is 14.6 Å². The molecule has 172 valence electrons. The normalized spacial score (nSPS) is 22.8. The minimum absolute atomic E-state index is 0.136. The van der Waals surface area contributed by atoms with Gasteiger partial charge in [0.2, 0.25) is 0 Å². The number of amides is 1. The van der Waals surface area contributed by atoms with Gasteiger partial charge in [0.05, 0.1) is 12.1 Å². The Bertz CT molecular complexity index is 834. The van der Waals surface area contributed by atoms with Crippen LogP contribution in [0.3, 0.4) is 0 Å². The molecule has 32 heavy (non-hydrogen) atoms. The number of ether oxygens (including phenoxy) is 1. The largest absolute Gasteiger partial charge is 0.489 e. The van der Waals surface area contributed by atoms with Crippen LogP contribution in [0.5, 0.6) is 5.75 Å². The molecule has 2 aliphatic rings. The molecule has 1 saturated heterocycles. The van der Waals surface area contributed by atoms with Gasteiger partial charge in [0.15, 0.2) is 0 Å². The van der Waals surface area contributed by atoms with Crippen LogP contribution in [-0.4, -0.2) is 47.7 Å². The summed E-state index contributed by atoms with van der Waals surface area (Å²) in [5.74, 6) is 1.36. The molecule has 2 atom stereocenters. The predicted octanol–water partition coefficient (Wildman–Crippen LogP) is 4.40. The lowest BCUT2D eigenvalue weighted by molar-refractivity contribution is 0.0789. The van der Waals surface area contributed by atoms with Gasteiger partial charge < -0.3 is 20.1 Å². The predicted molar refractivity (Wildman–Crippen MR) is 127 cm³/mol. The molecule has 0 bridgehead atoms. The molecule has 4 rings (SSSR count). The lowest BCUT2D eigenvalue weighted by atomic mass is 9.89. The summed E-state index contributed by atoms with van der Waals surface area (Å²) in [4.78, 5) is 15.3. The monoisotopic (exact) mass is 436 g/mol. The first-order valence-corrected chi connectivity index (χ1v) is 12.2. The van der Waals surface area contributed by atoms with E-state index in [2.05, 4.69) is 10.2 Å². The van der Waals surface area contributed by atoms with E-state index in [0.717, 1.165) is 49.7 Å². The van der Waals surface area contributed by atoms with Gasteiger partial charge in [-0.3, -0.25) is 4.79 Å². The maximum absolute atomic E-state index is 12.9. The molecule has 2 N–H and O–H groups in total. The second-order valence-corrected chi connectivity index (χ2v) is 9.35. The fourth-order valence-electron chi connectivity index (χ4n) is 4.95. The Morgan fingerprint density at radius 3 is 2.47 bits per heavy atom. The van der Waals surface area contributed by atoms with E-state index in [1.807, 2.05) is 42.5 Å². The number of aliphatic hydroxyl groups excluding tert-OH is 1. The van der Waals surface area contributed by atoms with Crippen LogP contribution in [0.1, 0.15) is 60.9 Å². The molecule has 0 unspecified atom stereocenters. The minimum atomic E-state index is -0.496. The average Bonchev–Trinajstić information content (AvgIpc) is 3.00. The Kier molecular flexibility index (Phi) is 8.18. The minimum Gasteiger partial charge on any atom is -0.489 e. The van der Waals surface area contributed by atoms with Gasteiger partial charge in [0.25, 0.3) is 5.91 Å². The number of aliphatic hydroxyl groups is 1. The van der Waals surface area contributed by atoms with Gasteiger partial charge in [-0.15, -0.1) is 0 Å². The molecular formula is C27H36N2O3. The number of carbonyl (C=O) groups is 1. The molecule has 2 fully saturated rings. The van der Waals surface area contributed by atoms with E-state index >= 15 is 0 Å². The van der Waals surface area contributed by atoms with Crippen molar-refractivity contribution in [3.63, 3.8) is 0 Å². The lowest BCUT2D eigenvalue weighted by Crippen LogP contribution is -2.49. The second kappa shape index (κ2) is 11.5. The zero-order chi connectivity index (χ0) is 22.2. The summed E-state index contributed by atoms with van der Waals surface area (Å²) >= 11 is 0. The molecule has 1 heterocycles. The third-order valence-corrected chi connectivity index (χ3v) is 6.82. The average molecular weight is 437 g/mol. The Morgan fingerprint density at radius 1 is 0.969 bits per heavy atom. The van der Waals surface area contributed by atoms with Gasteiger partial charge in [0.1, 0.15) is 12.4 Å². The quantitative estimate of drug-likeness (QED) is 0.675. The molecule has 2 aromatic carbocycles. The second-order valence-electron chi connectivity index (χ2n) is 9.35. The molecule has 1 amide bonds. The number of hydrogen-bond acceptors (Lipinski definition) is 4. The highest BCUT2D eigenvalue weighted by atomic mass is 16.5. The summed E-state index contributed by atoms with van der Waals surface area (Å²) in [5, 5.41) is 13.7. The van der Waals surface area contributed by atoms with Gasteiger partial charge in [-0.2, -0.15) is 0 Å². The van der Waals surface area contributed by atoms with Crippen LogP contribution in [0, 0.1) is 5.92 Å². The summed E-state index contributed by atoms with van der Waals surface area (Å²) in [6.45, 7) is 3.32. The SMILES string of the molecule is O=C(N[C@H]1CN(CC2CCCCC2)CCC[C@H]1O)c1ccc(OCc2ccccc2)cc1. The summed E-state index contributed by atoms with van der Waals surface area (Å²) in [7, 11) is 0. The van der Waals surface area contributed by atoms with Gasteiger partial charge in [0, 0.05) is 18.7 Å². The molecule has 0 radical (unpaired) electrons. The third-order valence-electron chi connectivity index (χ3n) is 6.82. The van der Waals surface area contributed by atoms with E-state index in [9.17, 15) is 9.90 Å². The van der Waals surface area contributed by atoms with Crippen molar-refractivity contribution >= 4 is 5.91 Å². The van der Waals surface area contributed by atoms with Crippen molar-refractivity contribution in [1.29, 1.82) is 0 Å². The van der Waals surface area contributed by atoms with Crippen LogP contribution < -0.4 is 10.1 Å². The van der Waals surface area contributed by atoms with Crippen molar-refractivity contribution in [2.24, 2.45) is 5.92 Å². The van der Waals surface area contributed by atoms with Crippen LogP contribution in [-0.2, 0) is 6.61 Å². The van der Waals surface area contributed by atoms with Gasteiger partial charge in [-0.1, -0.05) is 49.6 Å². The van der Waals surface area contributed by atoms with E-state index in [1.165, 1.54) is 32.1 Å². The lowest BCUT2D eigenvalue weighted by Gasteiger charge is -2.31. The molecule has 1 aliphatic carbocycles.